The van der Waals surface area contributed by atoms with E-state index in [1.807, 2.05) is 0 Å². The predicted molar refractivity (Wildman–Crippen MR) is 109 cm³/mol. The fraction of sp³-hybridized carbons (Fsp3) is 0.409. The molecule has 0 aromatic heterocycles. The molecule has 0 saturated heterocycles. The minimum atomic E-state index is -1.84. The van der Waals surface area contributed by atoms with Crippen molar-refractivity contribution in [3.05, 3.63) is 62.5 Å². The number of rotatable bonds is 6. The summed E-state index contributed by atoms with van der Waals surface area (Å²) in [4.78, 5) is 0. The fourth-order valence-corrected chi connectivity index (χ4v) is 12.3. The topological polar surface area (TPSA) is 9.23 Å². The van der Waals surface area contributed by atoms with Gasteiger partial charge in [0.15, 0.2) is 0 Å². The van der Waals surface area contributed by atoms with Crippen LogP contribution >= 0.6 is 0 Å². The van der Waals surface area contributed by atoms with Crippen molar-refractivity contribution in [1.82, 2.24) is 0 Å². The first-order valence-electron chi connectivity index (χ1n) is 9.33. The van der Waals surface area contributed by atoms with E-state index < -0.39 is 29.6 Å². The summed E-state index contributed by atoms with van der Waals surface area (Å²) in [6, 6.07) is 8.96. The van der Waals surface area contributed by atoms with Crippen molar-refractivity contribution in [1.29, 1.82) is 0 Å². The predicted octanol–water partition coefficient (Wildman–Crippen LogP) is 0.0485. The van der Waals surface area contributed by atoms with Crippen LogP contribution in [0.5, 0.6) is 0 Å². The van der Waals surface area contributed by atoms with Gasteiger partial charge in [-0.3, -0.25) is 0 Å². The zero-order valence-corrected chi connectivity index (χ0v) is 22.0. The Hall–Kier alpha value is -0.0500. The van der Waals surface area contributed by atoms with Gasteiger partial charge in [-0.05, 0) is 0 Å². The molecule has 5 heteroatoms. The third-order valence-corrected chi connectivity index (χ3v) is 13.9. The Morgan fingerprint density at radius 3 is 2.52 bits per heavy atom. The largest absolute Gasteiger partial charge is 1.00 e. The van der Waals surface area contributed by atoms with Gasteiger partial charge in [-0.1, -0.05) is 0 Å². The summed E-state index contributed by atoms with van der Waals surface area (Å²) in [5.74, 6) is 0. The molecule has 0 fully saturated rings. The van der Waals surface area contributed by atoms with Crippen LogP contribution in [0.25, 0.3) is 6.08 Å². The molecule has 1 nitrogen and oxygen atoms in total. The molecule has 0 saturated carbocycles. The third-order valence-electron chi connectivity index (χ3n) is 4.86. The average Bonchev–Trinajstić information content (AvgIpc) is 3.14. The van der Waals surface area contributed by atoms with Crippen molar-refractivity contribution in [3.63, 3.8) is 0 Å². The van der Waals surface area contributed by atoms with Crippen molar-refractivity contribution in [2.24, 2.45) is 0 Å². The van der Waals surface area contributed by atoms with Gasteiger partial charge >= 0.3 is 162 Å². The maximum absolute atomic E-state index is 6.05. The second kappa shape index (κ2) is 10.6. The minimum absolute atomic E-state index is 0. The normalized spacial score (nSPS) is 17.1. The van der Waals surface area contributed by atoms with Crippen molar-refractivity contribution < 1.29 is 50.5 Å². The van der Waals surface area contributed by atoms with Crippen LogP contribution in [0, 0.1) is 0 Å². The van der Waals surface area contributed by atoms with Gasteiger partial charge in [-0.2, -0.15) is 0 Å². The van der Waals surface area contributed by atoms with E-state index in [1.165, 1.54) is 17.6 Å². The van der Waals surface area contributed by atoms with Gasteiger partial charge in [-0.15, -0.1) is 0 Å². The third kappa shape index (κ3) is 6.47. The Morgan fingerprint density at radius 2 is 1.85 bits per heavy atom. The maximum atomic E-state index is 6.05. The molecular formula is C22H30Cl2OSiZr. The zero-order chi connectivity index (χ0) is 18.0. The molecule has 0 radical (unpaired) electrons. The van der Waals surface area contributed by atoms with Crippen molar-refractivity contribution in [2.45, 2.75) is 50.0 Å². The second-order valence-corrected chi connectivity index (χ2v) is 20.4. The van der Waals surface area contributed by atoms with Crippen LogP contribution in [0.3, 0.4) is 0 Å². The first-order chi connectivity index (χ1) is 11.8. The molecule has 2 aliphatic rings. The monoisotopic (exact) mass is 498 g/mol. The Balaban J connectivity index is 0.00000182. The first kappa shape index (κ1) is 25.0. The van der Waals surface area contributed by atoms with Crippen LogP contribution in [0.15, 0.2) is 51.3 Å². The maximum Gasteiger partial charge on any atom is -1.00 e. The molecular weight excluding hydrogens is 470 g/mol. The van der Waals surface area contributed by atoms with Crippen LogP contribution in [-0.2, 0) is 25.7 Å². The van der Waals surface area contributed by atoms with Crippen molar-refractivity contribution in [2.75, 3.05) is 6.61 Å². The van der Waals surface area contributed by atoms with Crippen molar-refractivity contribution >= 4 is 17.6 Å². The van der Waals surface area contributed by atoms with Gasteiger partial charge in [0.05, 0.1) is 0 Å². The number of fused-ring (bicyclic) bond motifs is 1. The van der Waals surface area contributed by atoms with Crippen LogP contribution in [0.2, 0.25) is 19.6 Å². The van der Waals surface area contributed by atoms with E-state index in [2.05, 4.69) is 82.1 Å². The number of halogens is 2. The molecule has 0 aliphatic heterocycles. The van der Waals surface area contributed by atoms with E-state index in [0.29, 0.717) is 3.63 Å². The van der Waals surface area contributed by atoms with Gasteiger partial charge < -0.3 is 24.8 Å². The Bertz CT molecular complexity index is 784. The SMILES string of the molecule is C[C](C)=[Zr+2]([C]1=CC(CCO[Si](C)(C)C)=CC1)[CH]1C=Cc2ccccc21.[Cl-].[Cl-]. The van der Waals surface area contributed by atoms with E-state index in [1.54, 1.807) is 12.1 Å². The van der Waals surface area contributed by atoms with Gasteiger partial charge in [0.1, 0.15) is 0 Å². The number of hydrogen-bond donors (Lipinski definition) is 0. The van der Waals surface area contributed by atoms with Crippen LogP contribution < -0.4 is 24.8 Å². The molecule has 2 aliphatic carbocycles. The number of allylic oxidation sites excluding steroid dienone is 4. The molecule has 0 bridgehead atoms. The van der Waals surface area contributed by atoms with Crippen LogP contribution in [-0.4, -0.2) is 18.1 Å². The Labute approximate surface area is 186 Å². The summed E-state index contributed by atoms with van der Waals surface area (Å²) in [6.45, 7) is 12.4. The summed E-state index contributed by atoms with van der Waals surface area (Å²) in [5, 5.41) is 0. The molecule has 27 heavy (non-hydrogen) atoms. The van der Waals surface area contributed by atoms with E-state index in [9.17, 15) is 0 Å². The molecule has 0 heterocycles. The molecule has 1 aromatic rings. The van der Waals surface area contributed by atoms with E-state index >= 15 is 0 Å². The number of benzene rings is 1. The quantitative estimate of drug-likeness (QED) is 0.502. The van der Waals surface area contributed by atoms with Gasteiger partial charge in [0, 0.05) is 0 Å². The minimum Gasteiger partial charge on any atom is -1.00 e. The van der Waals surface area contributed by atoms with E-state index in [-0.39, 0.29) is 24.8 Å². The fourth-order valence-electron chi connectivity index (χ4n) is 3.75. The second-order valence-electron chi connectivity index (χ2n) is 8.24. The van der Waals surface area contributed by atoms with Crippen molar-refractivity contribution in [3.8, 4) is 0 Å². The van der Waals surface area contributed by atoms with Crippen LogP contribution in [0.1, 0.15) is 41.4 Å². The summed E-state index contributed by atoms with van der Waals surface area (Å²) in [6.07, 6.45) is 12.1. The Morgan fingerprint density at radius 1 is 1.15 bits per heavy atom. The summed E-state index contributed by atoms with van der Waals surface area (Å²) < 4.78 is 10.2. The smallest absolute Gasteiger partial charge is 1.00 e. The van der Waals surface area contributed by atoms with Crippen LogP contribution in [0.4, 0.5) is 0 Å². The standard InChI is InChI=1S/C10H17OSi.C9H7.C3H6.2ClH.Zr/c1-12(2,3)11-9-8-10-6-4-5-7-10;1-2-5-9-7-3-6-8(9)4-1;1-3-2;;;/h6-7H,4,8-9H2,1-3H3;1-7H;1-2H3;2*1H;/q;;;;;+2/p-2. The summed E-state index contributed by atoms with van der Waals surface area (Å²) >= 11 is -1.84. The molecule has 1 aromatic carbocycles. The molecule has 146 valence electrons. The molecule has 0 amide bonds. The molecule has 3 rings (SSSR count). The first-order valence-corrected chi connectivity index (χ1v) is 16.6. The van der Waals surface area contributed by atoms with Gasteiger partial charge in [0.25, 0.3) is 0 Å². The average molecular weight is 501 g/mol. The molecule has 0 N–H and O–H groups in total. The summed E-state index contributed by atoms with van der Waals surface area (Å²) in [7, 11) is -1.40. The van der Waals surface area contributed by atoms with E-state index in [4.69, 9.17) is 4.43 Å². The molecule has 0 spiro atoms. The Kier molecular flexibility index (Phi) is 9.85. The van der Waals surface area contributed by atoms with Gasteiger partial charge in [0.2, 0.25) is 0 Å². The molecule has 1 atom stereocenters. The van der Waals surface area contributed by atoms with Gasteiger partial charge in [-0.25, -0.2) is 0 Å². The zero-order valence-electron chi connectivity index (χ0n) is 17.0. The van der Waals surface area contributed by atoms with E-state index in [0.717, 1.165) is 13.0 Å². The summed E-state index contributed by atoms with van der Waals surface area (Å²) in [5.41, 5.74) is 4.50. The number of hydrogen-bond acceptors (Lipinski definition) is 1. The molecule has 1 unspecified atom stereocenters.